The molecular weight excluding hydrogens is 206 g/mol. The second-order valence-corrected chi connectivity index (χ2v) is 3.98. The highest BCUT2D eigenvalue weighted by Crippen LogP contribution is 2.18. The number of benzene rings is 1. The van der Waals surface area contributed by atoms with Gasteiger partial charge in [0.15, 0.2) is 0 Å². The van der Waals surface area contributed by atoms with Crippen molar-refractivity contribution in [3.8, 4) is 0 Å². The van der Waals surface area contributed by atoms with E-state index in [0.717, 1.165) is 0 Å². The van der Waals surface area contributed by atoms with Crippen LogP contribution in [0.5, 0.6) is 0 Å². The van der Waals surface area contributed by atoms with E-state index in [4.69, 9.17) is 4.84 Å². The van der Waals surface area contributed by atoms with Gasteiger partial charge in [0.2, 0.25) is 0 Å². The highest BCUT2D eigenvalue weighted by atomic mass is 16.7. The monoisotopic (exact) mass is 221 g/mol. The van der Waals surface area contributed by atoms with E-state index in [0.29, 0.717) is 18.5 Å². The molecule has 1 aliphatic heterocycles. The Morgan fingerprint density at radius 2 is 2.12 bits per heavy atom. The topological polar surface area (TPSA) is 49.8 Å². The number of carbonyl (C=O) groups is 1. The largest absolute Gasteiger partial charge is 0.391 e. The average Bonchev–Trinajstić information content (AvgIpc) is 2.62. The maximum Gasteiger partial charge on any atom is 0.357 e. The molecule has 0 aromatic heterocycles. The summed E-state index contributed by atoms with van der Waals surface area (Å²) in [5.74, 6) is -0.374. The third kappa shape index (κ3) is 2.23. The van der Waals surface area contributed by atoms with Gasteiger partial charge in [0.25, 0.3) is 0 Å². The molecule has 1 aliphatic rings. The summed E-state index contributed by atoms with van der Waals surface area (Å²) in [7, 11) is 0. The molecule has 2 atom stereocenters. The lowest BCUT2D eigenvalue weighted by Gasteiger charge is -2.20. The summed E-state index contributed by atoms with van der Waals surface area (Å²) in [6.45, 7) is 2.43. The summed E-state index contributed by atoms with van der Waals surface area (Å²) >= 11 is 0. The van der Waals surface area contributed by atoms with Crippen LogP contribution < -0.4 is 0 Å². The van der Waals surface area contributed by atoms with E-state index in [2.05, 4.69) is 0 Å². The van der Waals surface area contributed by atoms with Crippen LogP contribution in [0, 0.1) is 0 Å². The van der Waals surface area contributed by atoms with Crippen molar-refractivity contribution in [2.75, 3.05) is 6.54 Å². The van der Waals surface area contributed by atoms with Gasteiger partial charge >= 0.3 is 5.97 Å². The number of aliphatic hydroxyl groups excluding tert-OH is 1. The minimum absolute atomic E-state index is 0.132. The minimum Gasteiger partial charge on any atom is -0.391 e. The molecule has 0 radical (unpaired) electrons. The van der Waals surface area contributed by atoms with Crippen molar-refractivity contribution in [2.24, 2.45) is 0 Å². The van der Waals surface area contributed by atoms with Crippen molar-refractivity contribution in [1.82, 2.24) is 5.06 Å². The number of nitrogens with zero attached hydrogens (tertiary/aromatic N) is 1. The quantitative estimate of drug-likeness (QED) is 0.815. The molecule has 4 heteroatoms. The van der Waals surface area contributed by atoms with Gasteiger partial charge in [-0.15, -0.1) is 5.06 Å². The second-order valence-electron chi connectivity index (χ2n) is 3.98. The van der Waals surface area contributed by atoms with Crippen LogP contribution in [0.25, 0.3) is 0 Å². The van der Waals surface area contributed by atoms with E-state index in [9.17, 15) is 9.90 Å². The molecule has 86 valence electrons. The van der Waals surface area contributed by atoms with Crippen LogP contribution >= 0.6 is 0 Å². The molecule has 1 N–H and O–H groups in total. The van der Waals surface area contributed by atoms with E-state index in [-0.39, 0.29) is 12.0 Å². The van der Waals surface area contributed by atoms with Gasteiger partial charge in [-0.25, -0.2) is 4.79 Å². The van der Waals surface area contributed by atoms with E-state index < -0.39 is 6.10 Å². The highest BCUT2D eigenvalue weighted by Gasteiger charge is 2.32. The lowest BCUT2D eigenvalue weighted by atomic mass is 10.2. The minimum atomic E-state index is -0.413. The van der Waals surface area contributed by atoms with Gasteiger partial charge in [0.05, 0.1) is 17.7 Å². The number of hydrogen-bond donors (Lipinski definition) is 1. The van der Waals surface area contributed by atoms with E-state index >= 15 is 0 Å². The Bertz CT molecular complexity index is 366. The molecular formula is C12H15NO3. The normalized spacial score (nSPS) is 25.6. The van der Waals surface area contributed by atoms with Crippen LogP contribution in [-0.2, 0) is 4.84 Å². The van der Waals surface area contributed by atoms with Gasteiger partial charge in [-0.3, -0.25) is 0 Å². The molecule has 16 heavy (non-hydrogen) atoms. The molecule has 1 fully saturated rings. The molecule has 1 saturated heterocycles. The first-order valence-corrected chi connectivity index (χ1v) is 5.40. The average molecular weight is 221 g/mol. The van der Waals surface area contributed by atoms with Gasteiger partial charge in [0.1, 0.15) is 0 Å². The molecule has 0 saturated carbocycles. The standard InChI is InChI=1S/C12H15NO3/c1-9-11(14)7-8-13(9)16-12(15)10-5-3-2-4-6-10/h2-6,9,11,14H,7-8H2,1H3. The van der Waals surface area contributed by atoms with Gasteiger partial charge in [-0.05, 0) is 25.5 Å². The first-order valence-electron chi connectivity index (χ1n) is 5.40. The third-order valence-corrected chi connectivity index (χ3v) is 2.87. The Kier molecular flexibility index (Phi) is 3.22. The molecule has 0 bridgehead atoms. The van der Waals surface area contributed by atoms with Crippen LogP contribution in [-0.4, -0.2) is 34.8 Å². The van der Waals surface area contributed by atoms with Gasteiger partial charge in [-0.1, -0.05) is 18.2 Å². The maximum absolute atomic E-state index is 11.7. The summed E-state index contributed by atoms with van der Waals surface area (Å²) in [6.07, 6.45) is 0.229. The van der Waals surface area contributed by atoms with E-state index in [1.165, 1.54) is 0 Å². The van der Waals surface area contributed by atoms with Gasteiger partial charge in [0, 0.05) is 6.54 Å². The third-order valence-electron chi connectivity index (χ3n) is 2.87. The molecule has 1 aromatic rings. The Morgan fingerprint density at radius 1 is 1.44 bits per heavy atom. The van der Waals surface area contributed by atoms with Gasteiger partial charge < -0.3 is 9.94 Å². The molecule has 0 spiro atoms. The summed E-state index contributed by atoms with van der Waals surface area (Å²) in [5, 5.41) is 11.1. The van der Waals surface area contributed by atoms with E-state index in [1.807, 2.05) is 13.0 Å². The number of rotatable bonds is 2. The van der Waals surface area contributed by atoms with E-state index in [1.54, 1.807) is 29.3 Å². The van der Waals surface area contributed by atoms with Crippen molar-refractivity contribution in [3.05, 3.63) is 35.9 Å². The van der Waals surface area contributed by atoms with Crippen LogP contribution in [0.2, 0.25) is 0 Å². The highest BCUT2D eigenvalue weighted by molar-refractivity contribution is 5.89. The summed E-state index contributed by atoms with van der Waals surface area (Å²) in [4.78, 5) is 16.9. The number of aliphatic hydroxyl groups is 1. The summed E-state index contributed by atoms with van der Waals surface area (Å²) in [5.41, 5.74) is 0.524. The first kappa shape index (κ1) is 11.1. The van der Waals surface area contributed by atoms with Gasteiger partial charge in [-0.2, -0.15) is 0 Å². The molecule has 2 unspecified atom stereocenters. The zero-order valence-electron chi connectivity index (χ0n) is 9.17. The molecule has 0 aliphatic carbocycles. The maximum atomic E-state index is 11.7. The van der Waals surface area contributed by atoms with Crippen molar-refractivity contribution in [3.63, 3.8) is 0 Å². The molecule has 1 aromatic carbocycles. The number of carbonyl (C=O) groups excluding carboxylic acids is 1. The number of hydroxylamine groups is 2. The Morgan fingerprint density at radius 3 is 2.69 bits per heavy atom. The Labute approximate surface area is 94.4 Å². The molecule has 2 rings (SSSR count). The van der Waals surface area contributed by atoms with Crippen molar-refractivity contribution in [1.29, 1.82) is 0 Å². The predicted octanol–water partition coefficient (Wildman–Crippen LogP) is 1.21. The summed E-state index contributed by atoms with van der Waals surface area (Å²) < 4.78 is 0. The van der Waals surface area contributed by atoms with Crippen LogP contribution in [0.15, 0.2) is 30.3 Å². The fourth-order valence-electron chi connectivity index (χ4n) is 1.76. The Balaban J connectivity index is 1.98. The Hall–Kier alpha value is -1.39. The lowest BCUT2D eigenvalue weighted by Crippen LogP contribution is -2.34. The van der Waals surface area contributed by atoms with Crippen LogP contribution in [0.3, 0.4) is 0 Å². The molecule has 1 heterocycles. The molecule has 4 nitrogen and oxygen atoms in total. The summed E-state index contributed by atoms with van der Waals surface area (Å²) in [6, 6.07) is 8.71. The smallest absolute Gasteiger partial charge is 0.357 e. The second kappa shape index (κ2) is 4.63. The lowest BCUT2D eigenvalue weighted by molar-refractivity contribution is -0.124. The van der Waals surface area contributed by atoms with Crippen molar-refractivity contribution < 1.29 is 14.7 Å². The molecule has 0 amide bonds. The van der Waals surface area contributed by atoms with Crippen LogP contribution in [0.4, 0.5) is 0 Å². The fourth-order valence-corrected chi connectivity index (χ4v) is 1.76. The zero-order chi connectivity index (χ0) is 11.5. The predicted molar refractivity (Wildman–Crippen MR) is 58.6 cm³/mol. The van der Waals surface area contributed by atoms with Crippen molar-refractivity contribution in [2.45, 2.75) is 25.5 Å². The zero-order valence-corrected chi connectivity index (χ0v) is 9.17. The fraction of sp³-hybridized carbons (Fsp3) is 0.417. The SMILES string of the molecule is CC1C(O)CCN1OC(=O)c1ccccc1. The van der Waals surface area contributed by atoms with Crippen LogP contribution in [0.1, 0.15) is 23.7 Å². The number of hydrogen-bond acceptors (Lipinski definition) is 4. The first-order chi connectivity index (χ1) is 7.68. The van der Waals surface area contributed by atoms with Crippen molar-refractivity contribution >= 4 is 5.97 Å².